The van der Waals surface area contributed by atoms with E-state index in [9.17, 15) is 18.4 Å². The minimum Gasteiger partial charge on any atom is -0.481 e. The fraction of sp³-hybridized carbons (Fsp3) is 0.500. The highest BCUT2D eigenvalue weighted by molar-refractivity contribution is 7.98. The Balaban J connectivity index is 2.63. The summed E-state index contributed by atoms with van der Waals surface area (Å²) in [6.07, 6.45) is -0.158. The molecule has 8 heteroatoms. The third kappa shape index (κ3) is 5.20. The zero-order chi connectivity index (χ0) is 15.1. The minimum atomic E-state index is -2.50. The second-order valence-electron chi connectivity index (χ2n) is 3.87. The van der Waals surface area contributed by atoms with Crippen molar-refractivity contribution in [3.8, 4) is 0 Å². The lowest BCUT2D eigenvalue weighted by Crippen LogP contribution is -2.32. The number of halogens is 2. The summed E-state index contributed by atoms with van der Waals surface area (Å²) in [7, 11) is 0. The predicted molar refractivity (Wildman–Crippen MR) is 69.8 cm³/mol. The molecular formula is C12H15F2NO4S. The molecule has 5 nitrogen and oxygen atoms in total. The van der Waals surface area contributed by atoms with E-state index in [4.69, 9.17) is 9.52 Å². The van der Waals surface area contributed by atoms with Crippen molar-refractivity contribution in [3.05, 3.63) is 23.7 Å². The Hall–Kier alpha value is -1.57. The van der Waals surface area contributed by atoms with E-state index in [-0.39, 0.29) is 30.2 Å². The first-order chi connectivity index (χ1) is 9.43. The van der Waals surface area contributed by atoms with Gasteiger partial charge < -0.3 is 14.4 Å². The van der Waals surface area contributed by atoms with E-state index >= 15 is 0 Å². The van der Waals surface area contributed by atoms with Crippen molar-refractivity contribution in [3.63, 3.8) is 0 Å². The summed E-state index contributed by atoms with van der Waals surface area (Å²) in [4.78, 5) is 23.9. The van der Waals surface area contributed by atoms with E-state index in [2.05, 4.69) is 0 Å². The number of thioether (sulfide) groups is 1. The van der Waals surface area contributed by atoms with Crippen molar-refractivity contribution in [2.24, 2.45) is 0 Å². The molecule has 1 aromatic rings. The van der Waals surface area contributed by atoms with Gasteiger partial charge in [-0.25, -0.2) is 0 Å². The zero-order valence-corrected chi connectivity index (χ0v) is 11.7. The van der Waals surface area contributed by atoms with E-state index in [0.29, 0.717) is 18.3 Å². The number of nitrogens with zero attached hydrogens (tertiary/aromatic N) is 1. The molecule has 0 atom stereocenters. The van der Waals surface area contributed by atoms with Crippen LogP contribution in [0.2, 0.25) is 0 Å². The van der Waals surface area contributed by atoms with Gasteiger partial charge >= 0.3 is 5.97 Å². The highest BCUT2D eigenvalue weighted by Crippen LogP contribution is 2.21. The molecular weight excluding hydrogens is 292 g/mol. The molecule has 0 bridgehead atoms. The Morgan fingerprint density at radius 2 is 2.15 bits per heavy atom. The number of hydrogen-bond acceptors (Lipinski definition) is 4. The molecule has 0 aromatic carbocycles. The molecule has 0 aliphatic carbocycles. The molecule has 0 fully saturated rings. The second kappa shape index (κ2) is 7.88. The van der Waals surface area contributed by atoms with Crippen LogP contribution >= 0.6 is 11.8 Å². The molecule has 20 heavy (non-hydrogen) atoms. The molecule has 1 aromatic heterocycles. The van der Waals surface area contributed by atoms with Gasteiger partial charge in [-0.2, -0.15) is 8.78 Å². The lowest BCUT2D eigenvalue weighted by molar-refractivity contribution is -0.137. The average Bonchev–Trinajstić information content (AvgIpc) is 2.85. The Morgan fingerprint density at radius 3 is 2.70 bits per heavy atom. The number of carbonyl (C=O) groups is 2. The number of carboxylic acid groups (broad SMARTS) is 1. The fourth-order valence-electron chi connectivity index (χ4n) is 1.51. The van der Waals surface area contributed by atoms with Crippen molar-refractivity contribution in [1.82, 2.24) is 4.90 Å². The number of furan rings is 1. The topological polar surface area (TPSA) is 70.8 Å². The normalized spacial score (nSPS) is 10.8. The van der Waals surface area contributed by atoms with E-state index < -0.39 is 17.6 Å². The molecule has 0 saturated heterocycles. The van der Waals surface area contributed by atoms with E-state index in [0.717, 1.165) is 0 Å². The maximum atomic E-state index is 12.0. The molecule has 0 spiro atoms. The average molecular weight is 307 g/mol. The molecule has 112 valence electrons. The van der Waals surface area contributed by atoms with Gasteiger partial charge in [0.05, 0.1) is 12.2 Å². The molecule has 1 rings (SSSR count). The van der Waals surface area contributed by atoms with Crippen LogP contribution in [0.15, 0.2) is 16.5 Å². The standard InChI is InChI=1S/C12H15F2NO4S/c1-2-15(6-5-10(16)17)11(18)9-4-3-8(19-9)7-20-12(13)14/h3-4,12H,2,5-7H2,1H3,(H,16,17). The SMILES string of the molecule is CCN(CCC(=O)O)C(=O)c1ccc(CSC(F)F)o1. The lowest BCUT2D eigenvalue weighted by atomic mass is 10.3. The van der Waals surface area contributed by atoms with Crippen LogP contribution in [0.1, 0.15) is 29.7 Å². The summed E-state index contributed by atoms with van der Waals surface area (Å²) in [6, 6.07) is 2.88. The van der Waals surface area contributed by atoms with Crippen LogP contribution in [0.5, 0.6) is 0 Å². The Bertz CT molecular complexity index is 464. The first kappa shape index (κ1) is 16.5. The predicted octanol–water partition coefficient (Wildman–Crippen LogP) is 2.67. The maximum Gasteiger partial charge on any atom is 0.305 e. The summed E-state index contributed by atoms with van der Waals surface area (Å²) < 4.78 is 29.3. The molecule has 0 aliphatic rings. The summed E-state index contributed by atoms with van der Waals surface area (Å²) in [5, 5.41) is 8.60. The van der Waals surface area contributed by atoms with Crippen LogP contribution in [0.4, 0.5) is 8.78 Å². The molecule has 0 aliphatic heterocycles. The van der Waals surface area contributed by atoms with Gasteiger partial charge in [-0.3, -0.25) is 9.59 Å². The second-order valence-corrected chi connectivity index (χ2v) is 4.84. The summed E-state index contributed by atoms with van der Waals surface area (Å²) >= 11 is 0.408. The largest absolute Gasteiger partial charge is 0.481 e. The Labute approximate surface area is 118 Å². The monoisotopic (exact) mass is 307 g/mol. The van der Waals surface area contributed by atoms with Gasteiger partial charge in [0.15, 0.2) is 5.76 Å². The molecule has 1 amide bonds. The zero-order valence-electron chi connectivity index (χ0n) is 10.8. The van der Waals surface area contributed by atoms with E-state index in [1.807, 2.05) is 0 Å². The summed E-state index contributed by atoms with van der Waals surface area (Å²) in [5.74, 6) is -3.64. The summed E-state index contributed by atoms with van der Waals surface area (Å²) in [6.45, 7) is 2.14. The third-order valence-corrected chi connectivity index (χ3v) is 3.19. The van der Waals surface area contributed by atoms with Crippen LogP contribution in [0.25, 0.3) is 0 Å². The van der Waals surface area contributed by atoms with Gasteiger partial charge in [0.1, 0.15) is 5.76 Å². The Morgan fingerprint density at radius 1 is 1.45 bits per heavy atom. The van der Waals surface area contributed by atoms with Crippen LogP contribution in [-0.4, -0.2) is 40.7 Å². The molecule has 1 N–H and O–H groups in total. The number of carbonyl (C=O) groups excluding carboxylic acids is 1. The number of amides is 1. The number of aliphatic carboxylic acids is 1. The maximum absolute atomic E-state index is 12.0. The van der Waals surface area contributed by atoms with E-state index in [1.54, 1.807) is 6.92 Å². The van der Waals surface area contributed by atoms with Gasteiger partial charge in [-0.1, -0.05) is 11.8 Å². The first-order valence-electron chi connectivity index (χ1n) is 5.93. The van der Waals surface area contributed by atoms with Gasteiger partial charge in [-0.15, -0.1) is 0 Å². The van der Waals surface area contributed by atoms with Crippen molar-refractivity contribution >= 4 is 23.6 Å². The number of rotatable bonds is 8. The first-order valence-corrected chi connectivity index (χ1v) is 6.98. The van der Waals surface area contributed by atoms with Crippen LogP contribution in [-0.2, 0) is 10.5 Å². The van der Waals surface area contributed by atoms with Crippen molar-refractivity contribution in [1.29, 1.82) is 0 Å². The molecule has 0 radical (unpaired) electrons. The van der Waals surface area contributed by atoms with Crippen LogP contribution in [0.3, 0.4) is 0 Å². The highest BCUT2D eigenvalue weighted by atomic mass is 32.2. The molecule has 0 saturated carbocycles. The van der Waals surface area contributed by atoms with E-state index in [1.165, 1.54) is 17.0 Å². The molecule has 1 heterocycles. The van der Waals surface area contributed by atoms with Crippen molar-refractivity contribution in [2.75, 3.05) is 13.1 Å². The number of alkyl halides is 2. The minimum absolute atomic E-state index is 0.0216. The highest BCUT2D eigenvalue weighted by Gasteiger charge is 2.19. The molecule has 0 unspecified atom stereocenters. The smallest absolute Gasteiger partial charge is 0.305 e. The fourth-order valence-corrected chi connectivity index (χ4v) is 1.95. The van der Waals surface area contributed by atoms with Gasteiger partial charge in [0.2, 0.25) is 0 Å². The number of carboxylic acids is 1. The van der Waals surface area contributed by atoms with Gasteiger partial charge in [0, 0.05) is 13.1 Å². The van der Waals surface area contributed by atoms with Crippen LogP contribution in [0, 0.1) is 0 Å². The Kier molecular flexibility index (Phi) is 6.50. The lowest BCUT2D eigenvalue weighted by Gasteiger charge is -2.18. The van der Waals surface area contributed by atoms with Crippen LogP contribution < -0.4 is 0 Å². The summed E-state index contributed by atoms with van der Waals surface area (Å²) in [5.41, 5.74) is 0. The van der Waals surface area contributed by atoms with Gasteiger partial charge in [-0.05, 0) is 19.1 Å². The quantitative estimate of drug-likeness (QED) is 0.799. The van der Waals surface area contributed by atoms with Crippen molar-refractivity contribution < 1.29 is 27.9 Å². The number of hydrogen-bond donors (Lipinski definition) is 1. The third-order valence-electron chi connectivity index (χ3n) is 2.49. The van der Waals surface area contributed by atoms with Crippen molar-refractivity contribution in [2.45, 2.75) is 24.9 Å². The van der Waals surface area contributed by atoms with Gasteiger partial charge in [0.25, 0.3) is 11.7 Å².